The Morgan fingerprint density at radius 1 is 1.68 bits per heavy atom. The van der Waals surface area contributed by atoms with Gasteiger partial charge in [-0.2, -0.15) is 5.01 Å². The summed E-state index contributed by atoms with van der Waals surface area (Å²) in [6.07, 6.45) is -1.62. The summed E-state index contributed by atoms with van der Waals surface area (Å²) < 4.78 is 10.4. The molecule has 4 atom stereocenters. The normalized spacial score (nSPS) is 30.7. The van der Waals surface area contributed by atoms with Gasteiger partial charge < -0.3 is 19.9 Å². The van der Waals surface area contributed by atoms with Crippen LogP contribution < -0.4 is 5.32 Å². The van der Waals surface area contributed by atoms with Gasteiger partial charge in [0.2, 0.25) is 0 Å². The Labute approximate surface area is 115 Å². The van der Waals surface area contributed by atoms with Gasteiger partial charge in [-0.05, 0) is 6.92 Å². The number of carbonyl (C=O) groups excluding carboxylic acids is 1. The fourth-order valence-corrected chi connectivity index (χ4v) is 2.00. The standard InChI is InChI=1S/C10H18ClN3O5/c1-6-9(15)7(5-8(18-2)19-6)12-10(16)14(13-17)4-3-11/h6-9,15H,3-5H2,1-2H3,(H,12,16)/t6-,7-,8+,9-/m1/s1. The van der Waals surface area contributed by atoms with Crippen molar-refractivity contribution < 1.29 is 19.4 Å². The van der Waals surface area contributed by atoms with Crippen LogP contribution in [0.25, 0.3) is 0 Å². The highest BCUT2D eigenvalue weighted by atomic mass is 35.5. The molecule has 8 nitrogen and oxygen atoms in total. The first kappa shape index (κ1) is 16.1. The van der Waals surface area contributed by atoms with Crippen molar-refractivity contribution in [2.24, 2.45) is 5.29 Å². The molecule has 1 aliphatic rings. The lowest BCUT2D eigenvalue weighted by atomic mass is 10.00. The van der Waals surface area contributed by atoms with Crippen molar-refractivity contribution in [1.82, 2.24) is 10.3 Å². The minimum absolute atomic E-state index is 0.000532. The Morgan fingerprint density at radius 3 is 2.89 bits per heavy atom. The van der Waals surface area contributed by atoms with Crippen LogP contribution in [0, 0.1) is 4.91 Å². The van der Waals surface area contributed by atoms with Gasteiger partial charge in [0.15, 0.2) is 6.29 Å². The van der Waals surface area contributed by atoms with Crippen molar-refractivity contribution >= 4 is 17.6 Å². The van der Waals surface area contributed by atoms with E-state index < -0.39 is 30.6 Å². The van der Waals surface area contributed by atoms with Crippen LogP contribution >= 0.6 is 11.6 Å². The first-order valence-corrected chi connectivity index (χ1v) is 6.40. The first-order chi connectivity index (χ1) is 9.03. The molecule has 9 heteroatoms. The van der Waals surface area contributed by atoms with Crippen LogP contribution in [0.5, 0.6) is 0 Å². The lowest BCUT2D eigenvalue weighted by Gasteiger charge is -2.37. The summed E-state index contributed by atoms with van der Waals surface area (Å²) in [5, 5.41) is 15.7. The molecule has 0 aromatic carbocycles. The number of methoxy groups -OCH3 is 1. The van der Waals surface area contributed by atoms with E-state index in [1.54, 1.807) is 6.92 Å². The van der Waals surface area contributed by atoms with Gasteiger partial charge in [0.05, 0.1) is 24.0 Å². The highest BCUT2D eigenvalue weighted by molar-refractivity contribution is 6.18. The lowest BCUT2D eigenvalue weighted by molar-refractivity contribution is -0.214. The van der Waals surface area contributed by atoms with Gasteiger partial charge in [0, 0.05) is 19.4 Å². The van der Waals surface area contributed by atoms with E-state index in [0.717, 1.165) is 0 Å². The number of hydrogen-bond acceptors (Lipinski definition) is 6. The molecule has 0 aliphatic carbocycles. The number of carbonyl (C=O) groups is 1. The summed E-state index contributed by atoms with van der Waals surface area (Å²) in [7, 11) is 1.47. The number of nitrogens with zero attached hydrogens (tertiary/aromatic N) is 2. The molecule has 1 saturated heterocycles. The number of rotatable bonds is 5. The molecule has 0 aromatic rings. The van der Waals surface area contributed by atoms with Crippen LogP contribution in [0.3, 0.4) is 0 Å². The van der Waals surface area contributed by atoms with E-state index in [2.05, 4.69) is 10.6 Å². The summed E-state index contributed by atoms with van der Waals surface area (Å²) in [4.78, 5) is 22.2. The minimum atomic E-state index is -0.889. The molecule has 0 aromatic heterocycles. The summed E-state index contributed by atoms with van der Waals surface area (Å²) in [6.45, 7) is 1.67. The molecule has 0 spiro atoms. The van der Waals surface area contributed by atoms with Crippen LogP contribution in [0.1, 0.15) is 13.3 Å². The Bertz CT molecular complexity index is 320. The molecular formula is C10H18ClN3O5. The summed E-state index contributed by atoms with van der Waals surface area (Å²) in [6, 6.07) is -1.29. The van der Waals surface area contributed by atoms with Crippen LogP contribution in [0.4, 0.5) is 4.79 Å². The van der Waals surface area contributed by atoms with Gasteiger partial charge >= 0.3 is 6.03 Å². The number of ether oxygens (including phenoxy) is 2. The second-order valence-corrected chi connectivity index (χ2v) is 4.56. The van der Waals surface area contributed by atoms with Crippen molar-refractivity contribution in [3.8, 4) is 0 Å². The third-order valence-corrected chi connectivity index (χ3v) is 3.08. The minimum Gasteiger partial charge on any atom is -0.388 e. The zero-order valence-corrected chi connectivity index (χ0v) is 11.5. The van der Waals surface area contributed by atoms with Crippen molar-refractivity contribution in [3.05, 3.63) is 4.91 Å². The Morgan fingerprint density at radius 2 is 2.37 bits per heavy atom. The number of aliphatic hydroxyl groups is 1. The van der Waals surface area contributed by atoms with Gasteiger partial charge in [-0.1, -0.05) is 0 Å². The number of urea groups is 1. The Kier molecular flexibility index (Phi) is 6.43. The average molecular weight is 296 g/mol. The number of nitrogens with one attached hydrogen (secondary N) is 1. The van der Waals surface area contributed by atoms with Gasteiger partial charge in [-0.25, -0.2) is 4.79 Å². The smallest absolute Gasteiger partial charge is 0.340 e. The molecule has 1 fully saturated rings. The molecule has 2 N–H and O–H groups in total. The topological polar surface area (TPSA) is 100 Å². The Balaban J connectivity index is 2.62. The maximum absolute atomic E-state index is 11.7. The summed E-state index contributed by atoms with van der Waals surface area (Å²) in [5.74, 6) is 0.0899. The summed E-state index contributed by atoms with van der Waals surface area (Å²) in [5.41, 5.74) is 0. The number of amides is 2. The van der Waals surface area contributed by atoms with E-state index in [1.807, 2.05) is 0 Å². The second-order valence-electron chi connectivity index (χ2n) is 4.18. The van der Waals surface area contributed by atoms with Crippen molar-refractivity contribution in [2.45, 2.75) is 37.9 Å². The number of alkyl halides is 1. The summed E-state index contributed by atoms with van der Waals surface area (Å²) >= 11 is 5.45. The largest absolute Gasteiger partial charge is 0.388 e. The quantitative estimate of drug-likeness (QED) is 0.435. The SMILES string of the molecule is CO[C@@H]1C[C@@H](NC(=O)N(CCCl)N=O)[C@H](O)[C@@H](C)O1. The zero-order chi connectivity index (χ0) is 14.4. The molecule has 0 unspecified atom stereocenters. The predicted octanol–water partition coefficient (Wildman–Crippen LogP) is 0.429. The first-order valence-electron chi connectivity index (χ1n) is 5.87. The van der Waals surface area contributed by atoms with Crippen molar-refractivity contribution in [3.63, 3.8) is 0 Å². The highest BCUT2D eigenvalue weighted by Gasteiger charge is 2.37. The lowest BCUT2D eigenvalue weighted by Crippen LogP contribution is -2.56. The monoisotopic (exact) mass is 295 g/mol. The number of aliphatic hydroxyl groups excluding tert-OH is 1. The molecule has 1 rings (SSSR count). The number of halogens is 1. The van der Waals surface area contributed by atoms with Crippen LogP contribution in [0.2, 0.25) is 0 Å². The molecule has 0 bridgehead atoms. The average Bonchev–Trinajstić information content (AvgIpc) is 2.40. The molecule has 1 heterocycles. The van der Waals surface area contributed by atoms with Crippen LogP contribution in [0.15, 0.2) is 5.29 Å². The number of nitroso groups, excluding NO2 is 1. The van der Waals surface area contributed by atoms with Gasteiger partial charge in [0.1, 0.15) is 6.10 Å². The molecule has 110 valence electrons. The number of hydrogen-bond donors (Lipinski definition) is 2. The molecule has 2 amide bonds. The highest BCUT2D eigenvalue weighted by Crippen LogP contribution is 2.20. The van der Waals surface area contributed by atoms with E-state index in [4.69, 9.17) is 21.1 Å². The molecule has 0 radical (unpaired) electrons. The van der Waals surface area contributed by atoms with Gasteiger partial charge in [0.25, 0.3) is 0 Å². The maximum Gasteiger partial charge on any atom is 0.340 e. The third-order valence-electron chi connectivity index (χ3n) is 2.91. The molecule has 19 heavy (non-hydrogen) atoms. The Hall–Kier alpha value is -0.960. The predicted molar refractivity (Wildman–Crippen MR) is 67.5 cm³/mol. The fourth-order valence-electron chi connectivity index (χ4n) is 1.84. The van der Waals surface area contributed by atoms with Gasteiger partial charge in [-0.3, -0.25) is 0 Å². The van der Waals surface area contributed by atoms with Crippen molar-refractivity contribution in [1.29, 1.82) is 0 Å². The fraction of sp³-hybridized carbons (Fsp3) is 0.900. The van der Waals surface area contributed by atoms with E-state index in [0.29, 0.717) is 5.01 Å². The maximum atomic E-state index is 11.7. The van der Waals surface area contributed by atoms with Gasteiger partial charge in [-0.15, -0.1) is 16.5 Å². The molecule has 1 aliphatic heterocycles. The zero-order valence-electron chi connectivity index (χ0n) is 10.8. The molecule has 0 saturated carbocycles. The van der Waals surface area contributed by atoms with E-state index in [1.165, 1.54) is 7.11 Å². The molecular weight excluding hydrogens is 278 g/mol. The van der Waals surface area contributed by atoms with Crippen LogP contribution in [-0.4, -0.2) is 60.2 Å². The third kappa shape index (κ3) is 4.27. The van der Waals surface area contributed by atoms with E-state index in [-0.39, 0.29) is 18.8 Å². The van der Waals surface area contributed by atoms with Crippen molar-refractivity contribution in [2.75, 3.05) is 19.5 Å². The van der Waals surface area contributed by atoms with E-state index in [9.17, 15) is 14.8 Å². The second kappa shape index (κ2) is 7.59. The van der Waals surface area contributed by atoms with Crippen LogP contribution in [-0.2, 0) is 9.47 Å². The van der Waals surface area contributed by atoms with E-state index >= 15 is 0 Å².